The lowest BCUT2D eigenvalue weighted by molar-refractivity contribution is -0.129. The molecular formula is C15H23NO2. The van der Waals surface area contributed by atoms with Crippen molar-refractivity contribution in [2.75, 3.05) is 0 Å². The molecule has 0 heterocycles. The summed E-state index contributed by atoms with van der Waals surface area (Å²) in [7, 11) is 0. The molecule has 0 radical (unpaired) electrons. The van der Waals surface area contributed by atoms with E-state index in [1.165, 1.54) is 0 Å². The number of ether oxygens (including phenoxy) is 1. The molecule has 0 unspecified atom stereocenters. The van der Waals surface area contributed by atoms with Crippen LogP contribution in [-0.4, -0.2) is 18.1 Å². The number of carbonyl (C=O) groups is 1. The number of hydrogen-bond acceptors (Lipinski definition) is 2. The second-order valence-corrected chi connectivity index (χ2v) is 4.87. The van der Waals surface area contributed by atoms with Crippen molar-refractivity contribution in [3.63, 3.8) is 0 Å². The summed E-state index contributed by atoms with van der Waals surface area (Å²) in [5.74, 6) is 1.11. The fourth-order valence-corrected chi connectivity index (χ4v) is 1.47. The van der Waals surface area contributed by atoms with Crippen LogP contribution in [0.15, 0.2) is 30.3 Å². The molecule has 0 fully saturated rings. The van der Waals surface area contributed by atoms with Gasteiger partial charge in [-0.15, -0.1) is 0 Å². The Labute approximate surface area is 110 Å². The van der Waals surface area contributed by atoms with Gasteiger partial charge < -0.3 is 10.1 Å². The Balaban J connectivity index is 2.58. The Kier molecular flexibility index (Phi) is 5.69. The minimum absolute atomic E-state index is 0.0393. The zero-order valence-electron chi connectivity index (χ0n) is 11.6. The minimum atomic E-state index is -0.423. The fraction of sp³-hybridized carbons (Fsp3) is 0.533. The molecule has 1 amide bonds. The molecule has 3 heteroatoms. The summed E-state index contributed by atoms with van der Waals surface area (Å²) < 4.78 is 5.69. The topological polar surface area (TPSA) is 38.3 Å². The average molecular weight is 249 g/mol. The Morgan fingerprint density at radius 1 is 1.22 bits per heavy atom. The largest absolute Gasteiger partial charge is 0.481 e. The predicted molar refractivity (Wildman–Crippen MR) is 73.6 cm³/mol. The van der Waals surface area contributed by atoms with Gasteiger partial charge >= 0.3 is 0 Å². The standard InChI is InChI=1S/C15H23NO2/c1-5-14(15(17)16-12(4)11(2)3)18-13-9-7-6-8-10-13/h6-12,14H,5H2,1-4H3,(H,16,17)/t12-,14+/m1/s1. The second-order valence-electron chi connectivity index (χ2n) is 4.87. The highest BCUT2D eigenvalue weighted by molar-refractivity contribution is 5.81. The molecule has 0 spiro atoms. The summed E-state index contributed by atoms with van der Waals surface area (Å²) in [6, 6.07) is 9.61. The van der Waals surface area contributed by atoms with Crippen molar-refractivity contribution < 1.29 is 9.53 Å². The van der Waals surface area contributed by atoms with Gasteiger partial charge in [-0.1, -0.05) is 39.0 Å². The Morgan fingerprint density at radius 2 is 1.83 bits per heavy atom. The Morgan fingerprint density at radius 3 is 2.33 bits per heavy atom. The molecule has 0 aliphatic heterocycles. The van der Waals surface area contributed by atoms with Crippen LogP contribution in [0.2, 0.25) is 0 Å². The third-order valence-electron chi connectivity index (χ3n) is 3.05. The van der Waals surface area contributed by atoms with Crippen molar-refractivity contribution >= 4 is 5.91 Å². The van der Waals surface area contributed by atoms with Gasteiger partial charge in [0.2, 0.25) is 0 Å². The van der Waals surface area contributed by atoms with Gasteiger partial charge in [-0.2, -0.15) is 0 Å². The second kappa shape index (κ2) is 7.04. The zero-order valence-corrected chi connectivity index (χ0v) is 11.6. The van der Waals surface area contributed by atoms with E-state index in [1.807, 2.05) is 44.2 Å². The summed E-state index contributed by atoms with van der Waals surface area (Å²) in [5, 5.41) is 2.99. The van der Waals surface area contributed by atoms with Crippen LogP contribution in [0.5, 0.6) is 5.75 Å². The van der Waals surface area contributed by atoms with Crippen molar-refractivity contribution in [3.05, 3.63) is 30.3 Å². The van der Waals surface area contributed by atoms with E-state index in [0.717, 1.165) is 5.75 Å². The lowest BCUT2D eigenvalue weighted by atomic mass is 10.1. The van der Waals surface area contributed by atoms with E-state index >= 15 is 0 Å². The number of amides is 1. The van der Waals surface area contributed by atoms with E-state index in [9.17, 15) is 4.79 Å². The van der Waals surface area contributed by atoms with Crippen LogP contribution < -0.4 is 10.1 Å². The molecule has 18 heavy (non-hydrogen) atoms. The SMILES string of the molecule is CC[C@H](Oc1ccccc1)C(=O)N[C@H](C)C(C)C. The zero-order chi connectivity index (χ0) is 13.5. The monoisotopic (exact) mass is 249 g/mol. The maximum absolute atomic E-state index is 12.1. The van der Waals surface area contributed by atoms with Crippen molar-refractivity contribution in [2.45, 2.75) is 46.3 Å². The molecule has 1 aromatic rings. The Hall–Kier alpha value is -1.51. The summed E-state index contributed by atoms with van der Waals surface area (Å²) in [6.07, 6.45) is 0.236. The molecule has 1 N–H and O–H groups in total. The van der Waals surface area contributed by atoms with E-state index in [2.05, 4.69) is 19.2 Å². The van der Waals surface area contributed by atoms with Crippen LogP contribution in [-0.2, 0) is 4.79 Å². The van der Waals surface area contributed by atoms with E-state index in [0.29, 0.717) is 12.3 Å². The normalized spacial score (nSPS) is 14.1. The highest BCUT2D eigenvalue weighted by atomic mass is 16.5. The molecule has 1 aromatic carbocycles. The first-order valence-corrected chi connectivity index (χ1v) is 6.56. The van der Waals surface area contributed by atoms with Crippen molar-refractivity contribution in [1.29, 1.82) is 0 Å². The number of carbonyl (C=O) groups excluding carboxylic acids is 1. The van der Waals surface area contributed by atoms with Gasteiger partial charge in [0, 0.05) is 6.04 Å². The van der Waals surface area contributed by atoms with Crippen LogP contribution in [0.4, 0.5) is 0 Å². The van der Waals surface area contributed by atoms with Crippen LogP contribution in [0, 0.1) is 5.92 Å². The molecule has 0 aromatic heterocycles. The lowest BCUT2D eigenvalue weighted by Gasteiger charge is -2.22. The smallest absolute Gasteiger partial charge is 0.261 e. The molecule has 0 saturated heterocycles. The predicted octanol–water partition coefficient (Wildman–Crippen LogP) is 3.00. The molecule has 0 bridgehead atoms. The maximum Gasteiger partial charge on any atom is 0.261 e. The lowest BCUT2D eigenvalue weighted by Crippen LogP contribution is -2.44. The van der Waals surface area contributed by atoms with Gasteiger partial charge in [0.15, 0.2) is 6.10 Å². The van der Waals surface area contributed by atoms with Crippen molar-refractivity contribution in [2.24, 2.45) is 5.92 Å². The number of hydrogen-bond donors (Lipinski definition) is 1. The highest BCUT2D eigenvalue weighted by Gasteiger charge is 2.20. The van der Waals surface area contributed by atoms with Crippen molar-refractivity contribution in [1.82, 2.24) is 5.32 Å². The third-order valence-corrected chi connectivity index (χ3v) is 3.05. The molecule has 2 atom stereocenters. The van der Waals surface area contributed by atoms with Gasteiger partial charge in [0.25, 0.3) is 5.91 Å². The van der Waals surface area contributed by atoms with E-state index in [4.69, 9.17) is 4.74 Å². The van der Waals surface area contributed by atoms with Crippen LogP contribution in [0.1, 0.15) is 34.1 Å². The molecule has 3 nitrogen and oxygen atoms in total. The molecule has 0 aliphatic carbocycles. The fourth-order valence-electron chi connectivity index (χ4n) is 1.47. The molecule has 0 saturated carbocycles. The average Bonchev–Trinajstić information content (AvgIpc) is 2.36. The van der Waals surface area contributed by atoms with Crippen LogP contribution in [0.25, 0.3) is 0 Å². The van der Waals surface area contributed by atoms with Gasteiger partial charge in [0.1, 0.15) is 5.75 Å². The third kappa shape index (κ3) is 4.40. The van der Waals surface area contributed by atoms with E-state index < -0.39 is 6.10 Å². The summed E-state index contributed by atoms with van der Waals surface area (Å²) in [5.41, 5.74) is 0. The van der Waals surface area contributed by atoms with Crippen LogP contribution >= 0.6 is 0 Å². The van der Waals surface area contributed by atoms with Gasteiger partial charge in [-0.25, -0.2) is 0 Å². The number of benzene rings is 1. The first-order valence-electron chi connectivity index (χ1n) is 6.56. The first-order chi connectivity index (χ1) is 8.54. The van der Waals surface area contributed by atoms with Gasteiger partial charge in [-0.3, -0.25) is 4.79 Å². The van der Waals surface area contributed by atoms with Crippen LogP contribution in [0.3, 0.4) is 0 Å². The molecular weight excluding hydrogens is 226 g/mol. The van der Waals surface area contributed by atoms with Crippen molar-refractivity contribution in [3.8, 4) is 5.75 Å². The maximum atomic E-state index is 12.1. The highest BCUT2D eigenvalue weighted by Crippen LogP contribution is 2.13. The van der Waals surface area contributed by atoms with Gasteiger partial charge in [-0.05, 0) is 31.4 Å². The molecule has 1 rings (SSSR count). The van der Waals surface area contributed by atoms with E-state index in [1.54, 1.807) is 0 Å². The van der Waals surface area contributed by atoms with E-state index in [-0.39, 0.29) is 11.9 Å². The summed E-state index contributed by atoms with van der Waals surface area (Å²) in [4.78, 5) is 12.1. The minimum Gasteiger partial charge on any atom is -0.481 e. The number of nitrogens with one attached hydrogen (secondary N) is 1. The quantitative estimate of drug-likeness (QED) is 0.841. The molecule has 100 valence electrons. The summed E-state index contributed by atoms with van der Waals surface area (Å²) >= 11 is 0. The first kappa shape index (κ1) is 14.6. The number of para-hydroxylation sites is 1. The molecule has 0 aliphatic rings. The van der Waals surface area contributed by atoms with Gasteiger partial charge in [0.05, 0.1) is 0 Å². The Bertz CT molecular complexity index is 362. The summed E-state index contributed by atoms with van der Waals surface area (Å²) in [6.45, 7) is 8.14. The number of rotatable bonds is 6.